The summed E-state index contributed by atoms with van der Waals surface area (Å²) >= 11 is 0. The molecule has 1 aliphatic rings. The summed E-state index contributed by atoms with van der Waals surface area (Å²) in [6, 6.07) is 6.52. The summed E-state index contributed by atoms with van der Waals surface area (Å²) in [5.74, 6) is 0.371. The van der Waals surface area contributed by atoms with Crippen LogP contribution >= 0.6 is 0 Å². The molecule has 2 aromatic rings. The summed E-state index contributed by atoms with van der Waals surface area (Å²) < 4.78 is 10.3. The lowest BCUT2D eigenvalue weighted by atomic mass is 10.2. The maximum absolute atomic E-state index is 12.2. The molecule has 1 amide bonds. The maximum atomic E-state index is 12.2. The third-order valence-electron chi connectivity index (χ3n) is 4.23. The van der Waals surface area contributed by atoms with E-state index < -0.39 is 12.0 Å². The van der Waals surface area contributed by atoms with Crippen LogP contribution in [0.2, 0.25) is 0 Å². The van der Waals surface area contributed by atoms with Crippen molar-refractivity contribution in [2.24, 2.45) is 0 Å². The minimum atomic E-state index is -0.953. The van der Waals surface area contributed by atoms with E-state index >= 15 is 0 Å². The monoisotopic (exact) mass is 345 g/mol. The second kappa shape index (κ2) is 7.33. The van der Waals surface area contributed by atoms with Gasteiger partial charge in [0.15, 0.2) is 0 Å². The summed E-state index contributed by atoms with van der Waals surface area (Å²) in [6.45, 7) is 0.483. The standard InChI is InChI=1S/C17H19N3O5/c1-24-12-6-4-11(5-7-12)16-18-14(25-19-16)8-9-15(21)20-10-2-3-13(20)17(22)23/h4-7,13H,2-3,8-10H2,1H3,(H,22,23)/t13-/m0/s1. The van der Waals surface area contributed by atoms with Crippen LogP contribution in [0.15, 0.2) is 28.8 Å². The van der Waals surface area contributed by atoms with E-state index in [0.717, 1.165) is 11.3 Å². The van der Waals surface area contributed by atoms with Crippen molar-refractivity contribution in [1.82, 2.24) is 15.0 Å². The molecule has 0 bridgehead atoms. The first kappa shape index (κ1) is 16.9. The predicted octanol–water partition coefficient (Wildman–Crippen LogP) is 1.75. The molecule has 8 nitrogen and oxygen atoms in total. The highest BCUT2D eigenvalue weighted by Crippen LogP contribution is 2.21. The van der Waals surface area contributed by atoms with Gasteiger partial charge in [0.05, 0.1) is 7.11 Å². The number of hydrogen-bond acceptors (Lipinski definition) is 6. The number of amides is 1. The average molecular weight is 345 g/mol. The van der Waals surface area contributed by atoms with E-state index in [4.69, 9.17) is 14.4 Å². The highest BCUT2D eigenvalue weighted by Gasteiger charge is 2.33. The summed E-state index contributed by atoms with van der Waals surface area (Å²) in [5.41, 5.74) is 0.785. The first-order valence-electron chi connectivity index (χ1n) is 8.08. The van der Waals surface area contributed by atoms with Crippen molar-refractivity contribution in [3.05, 3.63) is 30.2 Å². The lowest BCUT2D eigenvalue weighted by Gasteiger charge is -2.20. The van der Waals surface area contributed by atoms with Crippen LogP contribution in [0, 0.1) is 0 Å². The number of nitrogens with zero attached hydrogens (tertiary/aromatic N) is 3. The number of aliphatic carboxylic acids is 1. The highest BCUT2D eigenvalue weighted by atomic mass is 16.5. The summed E-state index contributed by atoms with van der Waals surface area (Å²) in [6.07, 6.45) is 1.65. The normalized spacial score (nSPS) is 16.8. The Labute approximate surface area is 144 Å². The number of ether oxygens (including phenoxy) is 1. The van der Waals surface area contributed by atoms with E-state index in [-0.39, 0.29) is 18.7 Å². The number of aryl methyl sites for hydroxylation is 1. The number of carboxylic acids is 1. The lowest BCUT2D eigenvalue weighted by Crippen LogP contribution is -2.40. The number of benzene rings is 1. The molecule has 0 radical (unpaired) electrons. The molecule has 25 heavy (non-hydrogen) atoms. The SMILES string of the molecule is COc1ccc(-c2noc(CCC(=O)N3CCC[C@H]3C(=O)O)n2)cc1. The molecule has 0 unspecified atom stereocenters. The molecule has 1 aromatic heterocycles. The molecule has 3 rings (SSSR count). The number of aromatic nitrogens is 2. The number of rotatable bonds is 6. The Hall–Kier alpha value is -2.90. The Morgan fingerprint density at radius 1 is 1.36 bits per heavy atom. The summed E-state index contributed by atoms with van der Waals surface area (Å²) in [5, 5.41) is 13.1. The van der Waals surface area contributed by atoms with E-state index in [9.17, 15) is 9.59 Å². The number of carboxylic acid groups (broad SMARTS) is 1. The molecule has 0 saturated carbocycles. The molecule has 132 valence electrons. The van der Waals surface area contributed by atoms with Gasteiger partial charge in [-0.3, -0.25) is 4.79 Å². The van der Waals surface area contributed by atoms with Gasteiger partial charge in [-0.25, -0.2) is 4.79 Å². The van der Waals surface area contributed by atoms with E-state index in [1.165, 1.54) is 4.90 Å². The fourth-order valence-corrected chi connectivity index (χ4v) is 2.89. The van der Waals surface area contributed by atoms with Crippen LogP contribution < -0.4 is 4.74 Å². The zero-order valence-electron chi connectivity index (χ0n) is 13.8. The smallest absolute Gasteiger partial charge is 0.326 e. The molecule has 0 aliphatic carbocycles. The van der Waals surface area contributed by atoms with Crippen molar-refractivity contribution >= 4 is 11.9 Å². The minimum Gasteiger partial charge on any atom is -0.497 e. The zero-order chi connectivity index (χ0) is 17.8. The van der Waals surface area contributed by atoms with Crippen LogP contribution in [-0.4, -0.2) is 51.7 Å². The maximum Gasteiger partial charge on any atom is 0.326 e. The first-order valence-corrected chi connectivity index (χ1v) is 8.08. The minimum absolute atomic E-state index is 0.147. The van der Waals surface area contributed by atoms with E-state index in [0.29, 0.717) is 31.1 Å². The fourth-order valence-electron chi connectivity index (χ4n) is 2.89. The predicted molar refractivity (Wildman–Crippen MR) is 87.0 cm³/mol. The average Bonchev–Trinajstić information content (AvgIpc) is 3.29. The molecule has 0 spiro atoms. The lowest BCUT2D eigenvalue weighted by molar-refractivity contribution is -0.148. The molecule has 1 N–H and O–H groups in total. The highest BCUT2D eigenvalue weighted by molar-refractivity contribution is 5.84. The number of carbonyl (C=O) groups excluding carboxylic acids is 1. The molecule has 8 heteroatoms. The third-order valence-corrected chi connectivity index (χ3v) is 4.23. The molecule has 1 fully saturated rings. The number of methoxy groups -OCH3 is 1. The Kier molecular flexibility index (Phi) is 4.97. The molecule has 1 aliphatic heterocycles. The van der Waals surface area contributed by atoms with Gasteiger partial charge >= 0.3 is 5.97 Å². The summed E-state index contributed by atoms with van der Waals surface area (Å²) in [4.78, 5) is 29.1. The van der Waals surface area contributed by atoms with Crippen molar-refractivity contribution in [2.75, 3.05) is 13.7 Å². The molecule has 1 atom stereocenters. The van der Waals surface area contributed by atoms with Gasteiger partial charge in [0.25, 0.3) is 0 Å². The van der Waals surface area contributed by atoms with Gasteiger partial charge in [0.2, 0.25) is 17.6 Å². The molecular formula is C17H19N3O5. The Morgan fingerprint density at radius 3 is 2.80 bits per heavy atom. The van der Waals surface area contributed by atoms with Gasteiger partial charge in [-0.2, -0.15) is 4.98 Å². The summed E-state index contributed by atoms with van der Waals surface area (Å²) in [7, 11) is 1.59. The Bertz CT molecular complexity index is 756. The molecule has 1 saturated heterocycles. The number of hydrogen-bond donors (Lipinski definition) is 1. The van der Waals surface area contributed by atoms with Crippen molar-refractivity contribution < 1.29 is 24.0 Å². The Balaban J connectivity index is 1.59. The van der Waals surface area contributed by atoms with Gasteiger partial charge in [0.1, 0.15) is 11.8 Å². The van der Waals surface area contributed by atoms with Gasteiger partial charge in [-0.1, -0.05) is 5.16 Å². The third kappa shape index (κ3) is 3.78. The molecule has 1 aromatic carbocycles. The van der Waals surface area contributed by atoms with Crippen LogP contribution in [0.25, 0.3) is 11.4 Å². The van der Waals surface area contributed by atoms with Gasteiger partial charge in [-0.15, -0.1) is 0 Å². The quantitative estimate of drug-likeness (QED) is 0.850. The van der Waals surface area contributed by atoms with E-state index in [2.05, 4.69) is 10.1 Å². The topological polar surface area (TPSA) is 106 Å². The van der Waals surface area contributed by atoms with Crippen LogP contribution in [0.4, 0.5) is 0 Å². The second-order valence-corrected chi connectivity index (χ2v) is 5.82. The van der Waals surface area contributed by atoms with Crippen LogP contribution in [0.1, 0.15) is 25.2 Å². The van der Waals surface area contributed by atoms with Crippen LogP contribution in [0.5, 0.6) is 5.75 Å². The fraction of sp³-hybridized carbons (Fsp3) is 0.412. The van der Waals surface area contributed by atoms with Crippen molar-refractivity contribution in [2.45, 2.75) is 31.7 Å². The van der Waals surface area contributed by atoms with Gasteiger partial charge in [-0.05, 0) is 37.1 Å². The van der Waals surface area contributed by atoms with Gasteiger partial charge in [0, 0.05) is 24.9 Å². The van der Waals surface area contributed by atoms with Gasteiger partial charge < -0.3 is 19.3 Å². The van der Waals surface area contributed by atoms with Crippen LogP contribution in [-0.2, 0) is 16.0 Å². The van der Waals surface area contributed by atoms with E-state index in [1.54, 1.807) is 19.2 Å². The first-order chi connectivity index (χ1) is 12.1. The number of likely N-dealkylation sites (tertiary alicyclic amines) is 1. The van der Waals surface area contributed by atoms with E-state index in [1.807, 2.05) is 12.1 Å². The van der Waals surface area contributed by atoms with Crippen molar-refractivity contribution in [3.63, 3.8) is 0 Å². The molecular weight excluding hydrogens is 326 g/mol. The second-order valence-electron chi connectivity index (χ2n) is 5.82. The van der Waals surface area contributed by atoms with Crippen molar-refractivity contribution in [1.29, 1.82) is 0 Å². The Morgan fingerprint density at radius 2 is 2.12 bits per heavy atom. The largest absolute Gasteiger partial charge is 0.497 e. The number of carbonyl (C=O) groups is 2. The zero-order valence-corrected chi connectivity index (χ0v) is 13.8. The van der Waals surface area contributed by atoms with Crippen LogP contribution in [0.3, 0.4) is 0 Å². The van der Waals surface area contributed by atoms with Crippen molar-refractivity contribution in [3.8, 4) is 17.1 Å². The molecule has 2 heterocycles.